The van der Waals surface area contributed by atoms with Crippen LogP contribution in [0.5, 0.6) is 0 Å². The standard InChI is InChI=1S/C2H5N.4C2H4O2.2Cu/c1-2-3-1;4*1-2(3)4;;/h3H,1-2H2;4*1H3,(H,3,4);;/q;;;;;2*+2/p-4. The fourth-order valence-electron chi connectivity index (χ4n) is 0. The van der Waals surface area contributed by atoms with Crippen molar-refractivity contribution in [2.24, 2.45) is 0 Å². The number of hydrogen-bond acceptors (Lipinski definition) is 9. The monoisotopic (exact) mass is 405 g/mol. The molecule has 0 aromatic rings. The minimum atomic E-state index is -1.08. The molecule has 11 heteroatoms. The van der Waals surface area contributed by atoms with Crippen LogP contribution in [0.3, 0.4) is 0 Å². The SMILES string of the molecule is C1CN1.CC(=O)[O-].CC(=O)[O-].CC(=O)[O-].CC(=O)[O-].[Cu+2].[Cu+2]. The summed E-state index contributed by atoms with van der Waals surface area (Å²) in [5.74, 6) is -4.33. The van der Waals surface area contributed by atoms with Crippen LogP contribution >= 0.6 is 0 Å². The van der Waals surface area contributed by atoms with Crippen molar-refractivity contribution < 1.29 is 73.7 Å². The summed E-state index contributed by atoms with van der Waals surface area (Å²) in [6, 6.07) is 0. The first-order chi connectivity index (χ1) is 8.43. The minimum absolute atomic E-state index is 0. The van der Waals surface area contributed by atoms with Crippen LogP contribution in [0.15, 0.2) is 0 Å². The quantitative estimate of drug-likeness (QED) is 0.303. The number of rotatable bonds is 0. The van der Waals surface area contributed by atoms with Crippen LogP contribution < -0.4 is 25.7 Å². The van der Waals surface area contributed by atoms with Crippen molar-refractivity contribution >= 4 is 23.9 Å². The average Bonchev–Trinajstić information content (AvgIpc) is 2.80. The summed E-state index contributed by atoms with van der Waals surface area (Å²) in [4.78, 5) is 35.6. The number of nitrogens with one attached hydrogen (secondary N) is 1. The van der Waals surface area contributed by atoms with E-state index in [0.29, 0.717) is 0 Å². The smallest absolute Gasteiger partial charge is 0.550 e. The number of carbonyl (C=O) groups excluding carboxylic acids is 4. The zero-order valence-corrected chi connectivity index (χ0v) is 13.7. The second-order valence-corrected chi connectivity index (χ2v) is 2.72. The third-order valence-corrected chi connectivity index (χ3v) is 0.250. The molecule has 0 amide bonds. The van der Waals surface area contributed by atoms with Crippen LogP contribution in [0.25, 0.3) is 0 Å². The minimum Gasteiger partial charge on any atom is -0.550 e. The van der Waals surface area contributed by atoms with Gasteiger partial charge in [0, 0.05) is 37.0 Å². The fraction of sp³-hybridized carbons (Fsp3) is 0.600. The van der Waals surface area contributed by atoms with Gasteiger partial charge in [0.1, 0.15) is 0 Å². The molecule has 0 aromatic heterocycles. The molecule has 0 aromatic carbocycles. The van der Waals surface area contributed by atoms with Gasteiger partial charge in [-0.25, -0.2) is 0 Å². The van der Waals surface area contributed by atoms with Gasteiger partial charge in [-0.1, -0.05) is 0 Å². The van der Waals surface area contributed by atoms with Crippen LogP contribution in [0.1, 0.15) is 27.7 Å². The summed E-state index contributed by atoms with van der Waals surface area (Å²) in [5.41, 5.74) is 0. The Morgan fingerprint density at radius 2 is 0.667 bits per heavy atom. The molecule has 1 aliphatic rings. The molecule has 1 N–H and O–H groups in total. The van der Waals surface area contributed by atoms with Crippen molar-refractivity contribution in [2.45, 2.75) is 27.7 Å². The Morgan fingerprint density at radius 1 is 0.619 bits per heavy atom. The van der Waals surface area contributed by atoms with Gasteiger partial charge in [0.2, 0.25) is 0 Å². The Bertz CT molecular complexity index is 205. The molecule has 0 saturated carbocycles. The van der Waals surface area contributed by atoms with Gasteiger partial charge in [-0.15, -0.1) is 0 Å². The summed E-state index contributed by atoms with van der Waals surface area (Å²) in [7, 11) is 0. The van der Waals surface area contributed by atoms with Crippen LogP contribution in [0, 0.1) is 0 Å². The molecule has 21 heavy (non-hydrogen) atoms. The van der Waals surface area contributed by atoms with Crippen LogP contribution in [-0.2, 0) is 53.3 Å². The van der Waals surface area contributed by atoms with Gasteiger partial charge in [0.15, 0.2) is 0 Å². The summed E-state index contributed by atoms with van der Waals surface area (Å²) < 4.78 is 0. The van der Waals surface area contributed by atoms with Crippen LogP contribution in [-0.4, -0.2) is 37.0 Å². The molecular weight excluding hydrogens is 389 g/mol. The Kier molecular flexibility index (Phi) is 54.9. The second-order valence-electron chi connectivity index (χ2n) is 2.72. The molecule has 1 rings (SSSR count). The number of carboxylic acids is 4. The molecule has 0 aliphatic carbocycles. The Labute approximate surface area is 144 Å². The average molecular weight is 406 g/mol. The second kappa shape index (κ2) is 31.3. The van der Waals surface area contributed by atoms with Gasteiger partial charge in [0.25, 0.3) is 0 Å². The number of carboxylic acid groups (broad SMARTS) is 4. The zero-order valence-electron chi connectivity index (χ0n) is 11.8. The molecular formula is C10H17Cu2NO8. The van der Waals surface area contributed by atoms with Crippen molar-refractivity contribution in [3.8, 4) is 0 Å². The zero-order chi connectivity index (χ0) is 16.4. The van der Waals surface area contributed by atoms with Gasteiger partial charge in [0.05, 0.1) is 0 Å². The van der Waals surface area contributed by atoms with E-state index in [1.165, 1.54) is 13.1 Å². The van der Waals surface area contributed by atoms with Gasteiger partial charge in [-0.05, 0) is 27.7 Å². The van der Waals surface area contributed by atoms with Crippen molar-refractivity contribution in [1.29, 1.82) is 0 Å². The molecule has 9 nitrogen and oxygen atoms in total. The predicted octanol–water partition coefficient (Wildman–Crippen LogP) is -5.39. The normalized spacial score (nSPS) is 8.19. The molecule has 1 aliphatic heterocycles. The summed E-state index contributed by atoms with van der Waals surface area (Å²) in [6.07, 6.45) is 0. The topological polar surface area (TPSA) is 182 Å². The third-order valence-electron chi connectivity index (χ3n) is 0.250. The molecule has 1 saturated heterocycles. The molecule has 0 atom stereocenters. The Balaban J connectivity index is -0.0000000327. The van der Waals surface area contributed by atoms with E-state index >= 15 is 0 Å². The summed E-state index contributed by atoms with van der Waals surface area (Å²) >= 11 is 0. The Hall–Kier alpha value is -1.12. The molecule has 1 fully saturated rings. The predicted molar refractivity (Wildman–Crippen MR) is 55.6 cm³/mol. The Morgan fingerprint density at radius 3 is 0.667 bits per heavy atom. The fourth-order valence-corrected chi connectivity index (χ4v) is 0. The number of aliphatic carboxylic acids is 4. The summed E-state index contributed by atoms with van der Waals surface area (Å²) in [5, 5.41) is 38.6. The maximum atomic E-state index is 8.89. The van der Waals surface area contributed by atoms with Crippen LogP contribution in [0.2, 0.25) is 0 Å². The molecule has 1 heterocycles. The molecule has 132 valence electrons. The van der Waals surface area contributed by atoms with E-state index in [1.54, 1.807) is 0 Å². The first-order valence-electron chi connectivity index (χ1n) is 4.84. The van der Waals surface area contributed by atoms with E-state index in [-0.39, 0.29) is 34.1 Å². The maximum absolute atomic E-state index is 8.89. The molecule has 2 radical (unpaired) electrons. The van der Waals surface area contributed by atoms with E-state index in [0.717, 1.165) is 27.7 Å². The molecule has 0 unspecified atom stereocenters. The maximum Gasteiger partial charge on any atom is 2.00 e. The molecule has 0 spiro atoms. The van der Waals surface area contributed by atoms with E-state index in [4.69, 9.17) is 39.6 Å². The van der Waals surface area contributed by atoms with E-state index in [2.05, 4.69) is 5.32 Å². The van der Waals surface area contributed by atoms with Gasteiger partial charge in [-0.3, -0.25) is 0 Å². The van der Waals surface area contributed by atoms with Crippen molar-refractivity contribution in [2.75, 3.05) is 13.1 Å². The van der Waals surface area contributed by atoms with Gasteiger partial charge >= 0.3 is 34.1 Å². The van der Waals surface area contributed by atoms with Gasteiger partial charge in [-0.2, -0.15) is 0 Å². The van der Waals surface area contributed by atoms with Crippen molar-refractivity contribution in [3.63, 3.8) is 0 Å². The van der Waals surface area contributed by atoms with Crippen LogP contribution in [0.4, 0.5) is 0 Å². The van der Waals surface area contributed by atoms with Crippen molar-refractivity contribution in [3.05, 3.63) is 0 Å². The summed E-state index contributed by atoms with van der Waals surface area (Å²) in [6.45, 7) is 6.39. The number of hydrogen-bond donors (Lipinski definition) is 1. The first-order valence-corrected chi connectivity index (χ1v) is 4.84. The van der Waals surface area contributed by atoms with Crippen molar-refractivity contribution in [1.82, 2.24) is 5.32 Å². The van der Waals surface area contributed by atoms with E-state index in [1.807, 2.05) is 0 Å². The first kappa shape index (κ1) is 36.8. The van der Waals surface area contributed by atoms with E-state index in [9.17, 15) is 0 Å². The largest absolute Gasteiger partial charge is 2.00 e. The molecule has 0 bridgehead atoms. The third kappa shape index (κ3) is 367000. The van der Waals surface area contributed by atoms with E-state index < -0.39 is 23.9 Å². The number of carbonyl (C=O) groups is 4. The van der Waals surface area contributed by atoms with Gasteiger partial charge < -0.3 is 44.9 Å².